The van der Waals surface area contributed by atoms with Crippen molar-refractivity contribution >= 4 is 11.6 Å². The molecular weight excluding hydrogens is 316 g/mol. The Labute approximate surface area is 148 Å². The van der Waals surface area contributed by atoms with Crippen LogP contribution < -0.4 is 10.6 Å². The Kier molecular flexibility index (Phi) is 5.45. The first kappa shape index (κ1) is 17.6. The van der Waals surface area contributed by atoms with E-state index in [1.807, 2.05) is 37.8 Å². The summed E-state index contributed by atoms with van der Waals surface area (Å²) in [6.07, 6.45) is 3.77. The summed E-state index contributed by atoms with van der Waals surface area (Å²) >= 11 is 0. The van der Waals surface area contributed by atoms with Crippen molar-refractivity contribution < 1.29 is 4.79 Å². The van der Waals surface area contributed by atoms with Gasteiger partial charge in [-0.3, -0.25) is 4.79 Å². The van der Waals surface area contributed by atoms with Crippen molar-refractivity contribution in [3.05, 3.63) is 41.2 Å². The molecule has 2 heterocycles. The second-order valence-electron chi connectivity index (χ2n) is 6.91. The molecule has 1 saturated heterocycles. The number of anilines is 1. The number of carbonyl (C=O) groups excluding carboxylic acids is 1. The van der Waals surface area contributed by atoms with Crippen molar-refractivity contribution in [3.8, 4) is 0 Å². The van der Waals surface area contributed by atoms with Crippen molar-refractivity contribution in [1.29, 1.82) is 0 Å². The number of benzene rings is 1. The Morgan fingerprint density at radius 2 is 2.12 bits per heavy atom. The lowest BCUT2D eigenvalue weighted by Gasteiger charge is -2.22. The quantitative estimate of drug-likeness (QED) is 0.867. The van der Waals surface area contributed by atoms with E-state index in [9.17, 15) is 4.79 Å². The van der Waals surface area contributed by atoms with Gasteiger partial charge in [0.05, 0.1) is 12.2 Å². The third-order valence-corrected chi connectivity index (χ3v) is 4.47. The molecule has 134 valence electrons. The number of hydrogen-bond acceptors (Lipinski definition) is 5. The van der Waals surface area contributed by atoms with Crippen LogP contribution in [0.1, 0.15) is 40.5 Å². The fraction of sp³-hybridized carbons (Fsp3) is 0.500. The number of hydrogen-bond donors (Lipinski definition) is 2. The van der Waals surface area contributed by atoms with E-state index in [0.29, 0.717) is 11.7 Å². The lowest BCUT2D eigenvalue weighted by atomic mass is 10.1. The first-order valence-electron chi connectivity index (χ1n) is 8.71. The number of amides is 1. The molecule has 25 heavy (non-hydrogen) atoms. The molecule has 7 nitrogen and oxygen atoms in total. The number of piperidine rings is 1. The van der Waals surface area contributed by atoms with Gasteiger partial charge in [-0.1, -0.05) is 17.3 Å². The van der Waals surface area contributed by atoms with Gasteiger partial charge in [0.25, 0.3) is 5.91 Å². The van der Waals surface area contributed by atoms with Crippen molar-refractivity contribution in [1.82, 2.24) is 25.2 Å². The highest BCUT2D eigenvalue weighted by molar-refractivity contribution is 6.03. The van der Waals surface area contributed by atoms with Gasteiger partial charge in [0.15, 0.2) is 5.69 Å². The third-order valence-electron chi connectivity index (χ3n) is 4.47. The number of aryl methyl sites for hydroxylation is 1. The standard InChI is InChI=1S/C18H26N6O/c1-13-4-5-14(11-23(2)3)10-16(13)20-18(25)17-12-24(22-21-17)15-6-8-19-9-7-15/h4-5,10,12,15,19H,6-9,11H2,1-3H3,(H,20,25). The van der Waals surface area contributed by atoms with Crippen molar-refractivity contribution in [2.45, 2.75) is 32.4 Å². The number of aromatic nitrogens is 3. The summed E-state index contributed by atoms with van der Waals surface area (Å²) in [7, 11) is 4.05. The van der Waals surface area contributed by atoms with Crippen molar-refractivity contribution in [3.63, 3.8) is 0 Å². The lowest BCUT2D eigenvalue weighted by molar-refractivity contribution is 0.102. The van der Waals surface area contributed by atoms with E-state index in [4.69, 9.17) is 0 Å². The molecule has 2 N–H and O–H groups in total. The Hall–Kier alpha value is -2.25. The molecule has 0 unspecified atom stereocenters. The number of nitrogens with zero attached hydrogens (tertiary/aromatic N) is 4. The van der Waals surface area contributed by atoms with Crippen LogP contribution >= 0.6 is 0 Å². The van der Waals surface area contributed by atoms with Crippen LogP contribution in [-0.4, -0.2) is 53.0 Å². The van der Waals surface area contributed by atoms with Crippen LogP contribution in [0.2, 0.25) is 0 Å². The van der Waals surface area contributed by atoms with E-state index in [-0.39, 0.29) is 5.91 Å². The zero-order valence-electron chi connectivity index (χ0n) is 15.1. The van der Waals surface area contributed by atoms with Gasteiger partial charge in [0.1, 0.15) is 0 Å². The van der Waals surface area contributed by atoms with Crippen molar-refractivity contribution in [2.75, 3.05) is 32.5 Å². The normalized spacial score (nSPS) is 15.5. The monoisotopic (exact) mass is 342 g/mol. The molecule has 0 aliphatic carbocycles. The van der Waals surface area contributed by atoms with E-state index in [0.717, 1.165) is 49.3 Å². The van der Waals surface area contributed by atoms with Gasteiger partial charge < -0.3 is 15.5 Å². The summed E-state index contributed by atoms with van der Waals surface area (Å²) in [5.41, 5.74) is 3.36. The van der Waals surface area contributed by atoms with Crippen LogP contribution in [-0.2, 0) is 6.54 Å². The predicted octanol–water partition coefficient (Wildman–Crippen LogP) is 1.82. The molecule has 0 saturated carbocycles. The lowest BCUT2D eigenvalue weighted by Crippen LogP contribution is -2.29. The zero-order valence-corrected chi connectivity index (χ0v) is 15.1. The van der Waals surface area contributed by atoms with Crippen LogP contribution in [0.4, 0.5) is 5.69 Å². The summed E-state index contributed by atoms with van der Waals surface area (Å²) in [4.78, 5) is 14.6. The highest BCUT2D eigenvalue weighted by Gasteiger charge is 2.19. The second-order valence-corrected chi connectivity index (χ2v) is 6.91. The van der Waals surface area contributed by atoms with Gasteiger partial charge in [-0.05, 0) is 64.1 Å². The van der Waals surface area contributed by atoms with E-state index < -0.39 is 0 Å². The molecule has 0 atom stereocenters. The SMILES string of the molecule is Cc1ccc(CN(C)C)cc1NC(=O)c1cn(C2CCNCC2)nn1. The van der Waals surface area contributed by atoms with Crippen LogP contribution in [0.5, 0.6) is 0 Å². The number of rotatable bonds is 5. The fourth-order valence-corrected chi connectivity index (χ4v) is 3.08. The molecule has 1 aliphatic heterocycles. The third kappa shape index (κ3) is 4.43. The molecule has 1 fully saturated rings. The molecular formula is C18H26N6O. The molecule has 0 radical (unpaired) electrons. The fourth-order valence-electron chi connectivity index (χ4n) is 3.08. The highest BCUT2D eigenvalue weighted by Crippen LogP contribution is 2.20. The average Bonchev–Trinajstić information content (AvgIpc) is 3.08. The predicted molar refractivity (Wildman–Crippen MR) is 97.7 cm³/mol. The van der Waals surface area contributed by atoms with E-state index >= 15 is 0 Å². The van der Waals surface area contributed by atoms with Crippen LogP contribution in [0.15, 0.2) is 24.4 Å². The van der Waals surface area contributed by atoms with Gasteiger partial charge in [0.2, 0.25) is 0 Å². The minimum absolute atomic E-state index is 0.217. The number of nitrogens with one attached hydrogen (secondary N) is 2. The smallest absolute Gasteiger partial charge is 0.277 e. The summed E-state index contributed by atoms with van der Waals surface area (Å²) < 4.78 is 1.82. The molecule has 1 aromatic heterocycles. The highest BCUT2D eigenvalue weighted by atomic mass is 16.2. The topological polar surface area (TPSA) is 75.1 Å². The summed E-state index contributed by atoms with van der Waals surface area (Å²) in [6, 6.07) is 6.45. The van der Waals surface area contributed by atoms with Crippen molar-refractivity contribution in [2.24, 2.45) is 0 Å². The van der Waals surface area contributed by atoms with Gasteiger partial charge in [0, 0.05) is 12.2 Å². The van der Waals surface area contributed by atoms with Gasteiger partial charge in [-0.25, -0.2) is 4.68 Å². The molecule has 1 aliphatic rings. The molecule has 7 heteroatoms. The molecule has 3 rings (SSSR count). The maximum atomic E-state index is 12.5. The first-order valence-corrected chi connectivity index (χ1v) is 8.71. The summed E-state index contributed by atoms with van der Waals surface area (Å²) in [5, 5.41) is 14.5. The average molecular weight is 342 g/mol. The molecule has 0 bridgehead atoms. The van der Waals surface area contributed by atoms with Gasteiger partial charge in [-0.15, -0.1) is 5.10 Å². The minimum atomic E-state index is -0.217. The zero-order chi connectivity index (χ0) is 17.8. The molecule has 1 amide bonds. The van der Waals surface area contributed by atoms with Gasteiger partial charge in [-0.2, -0.15) is 0 Å². The number of carbonyl (C=O) groups is 1. The summed E-state index contributed by atoms with van der Waals surface area (Å²) in [6.45, 7) is 4.77. The Balaban J connectivity index is 1.70. The van der Waals surface area contributed by atoms with E-state index in [1.165, 1.54) is 0 Å². The maximum Gasteiger partial charge on any atom is 0.277 e. The van der Waals surface area contributed by atoms with Crippen LogP contribution in [0, 0.1) is 6.92 Å². The maximum absolute atomic E-state index is 12.5. The minimum Gasteiger partial charge on any atom is -0.320 e. The Bertz CT molecular complexity index is 733. The second kappa shape index (κ2) is 7.76. The first-order chi connectivity index (χ1) is 12.0. The largest absolute Gasteiger partial charge is 0.320 e. The Morgan fingerprint density at radius 3 is 2.84 bits per heavy atom. The van der Waals surface area contributed by atoms with Crippen LogP contribution in [0.25, 0.3) is 0 Å². The Morgan fingerprint density at radius 1 is 1.36 bits per heavy atom. The van der Waals surface area contributed by atoms with Gasteiger partial charge >= 0.3 is 0 Å². The molecule has 1 aromatic carbocycles. The molecule has 0 spiro atoms. The summed E-state index contributed by atoms with van der Waals surface area (Å²) in [5.74, 6) is -0.217. The van der Waals surface area contributed by atoms with E-state index in [1.54, 1.807) is 6.20 Å². The van der Waals surface area contributed by atoms with Crippen LogP contribution in [0.3, 0.4) is 0 Å². The molecule has 2 aromatic rings. The van der Waals surface area contributed by atoms with E-state index in [2.05, 4.69) is 31.9 Å².